The predicted octanol–water partition coefficient (Wildman–Crippen LogP) is 2.18. The van der Waals surface area contributed by atoms with Crippen molar-refractivity contribution in [3.05, 3.63) is 46.5 Å². The van der Waals surface area contributed by atoms with Crippen molar-refractivity contribution in [2.45, 2.75) is 25.7 Å². The summed E-state index contributed by atoms with van der Waals surface area (Å²) < 4.78 is 16.1. The van der Waals surface area contributed by atoms with Gasteiger partial charge < -0.3 is 14.2 Å². The molecule has 1 aromatic rings. The average Bonchev–Trinajstić information content (AvgIpc) is 2.91. The molecule has 5 heteroatoms. The summed E-state index contributed by atoms with van der Waals surface area (Å²) in [6, 6.07) is 7.17. The molecule has 5 nitrogen and oxygen atoms in total. The molecule has 3 rings (SSSR count). The number of Topliss-reactive ketones (excluding diaryl/α,β-unsaturated/α-hetero) is 1. The fourth-order valence-corrected chi connectivity index (χ4v) is 2.89. The van der Waals surface area contributed by atoms with E-state index in [-0.39, 0.29) is 11.4 Å². The van der Waals surface area contributed by atoms with E-state index < -0.39 is 18.4 Å². The lowest BCUT2D eigenvalue weighted by atomic mass is 9.83. The first kappa shape index (κ1) is 14.0. The van der Waals surface area contributed by atoms with Crippen LogP contribution in [0, 0.1) is 0 Å². The number of ketones is 1. The molecule has 0 bridgehead atoms. The number of benzene rings is 1. The zero-order chi connectivity index (χ0) is 15.0. The summed E-state index contributed by atoms with van der Waals surface area (Å²) in [4.78, 5) is 24.6. The van der Waals surface area contributed by atoms with Crippen molar-refractivity contribution in [3.8, 4) is 0 Å². The Bertz CT molecular complexity index is 631. The monoisotopic (exact) mass is 288 g/mol. The summed E-state index contributed by atoms with van der Waals surface area (Å²) in [6.07, 6.45) is -0.443. The van der Waals surface area contributed by atoms with Crippen LogP contribution in [0.2, 0.25) is 0 Å². The lowest BCUT2D eigenvalue weighted by molar-refractivity contribution is -0.136. The highest BCUT2D eigenvalue weighted by atomic mass is 16.7. The van der Waals surface area contributed by atoms with Gasteiger partial charge in [0.05, 0.1) is 7.11 Å². The molecule has 1 aliphatic carbocycles. The van der Waals surface area contributed by atoms with E-state index >= 15 is 0 Å². The minimum atomic E-state index is -0.616. The SMILES string of the molecule is CCOC1CC2=C(C(=O)OC)C(=O)c3ccccc3C2O1. The molecule has 1 fully saturated rings. The Balaban J connectivity index is 2.11. The van der Waals surface area contributed by atoms with E-state index in [1.54, 1.807) is 12.1 Å². The van der Waals surface area contributed by atoms with Gasteiger partial charge in [-0.25, -0.2) is 4.79 Å². The Morgan fingerprint density at radius 2 is 2.14 bits per heavy atom. The van der Waals surface area contributed by atoms with E-state index in [4.69, 9.17) is 14.2 Å². The normalized spacial score (nSPS) is 23.8. The third-order valence-corrected chi connectivity index (χ3v) is 3.77. The largest absolute Gasteiger partial charge is 0.465 e. The molecule has 0 aromatic heterocycles. The molecule has 0 amide bonds. The van der Waals surface area contributed by atoms with Crippen LogP contribution in [0.4, 0.5) is 0 Å². The van der Waals surface area contributed by atoms with Gasteiger partial charge in [0.25, 0.3) is 0 Å². The Morgan fingerprint density at radius 1 is 1.38 bits per heavy atom. The highest BCUT2D eigenvalue weighted by molar-refractivity contribution is 6.26. The van der Waals surface area contributed by atoms with Crippen molar-refractivity contribution >= 4 is 11.8 Å². The van der Waals surface area contributed by atoms with Crippen LogP contribution in [0.3, 0.4) is 0 Å². The third-order valence-electron chi connectivity index (χ3n) is 3.77. The van der Waals surface area contributed by atoms with Crippen LogP contribution in [0.25, 0.3) is 0 Å². The number of ether oxygens (including phenoxy) is 3. The van der Waals surface area contributed by atoms with Gasteiger partial charge in [-0.2, -0.15) is 0 Å². The lowest BCUT2D eigenvalue weighted by Crippen LogP contribution is -2.24. The highest BCUT2D eigenvalue weighted by Gasteiger charge is 2.43. The summed E-state index contributed by atoms with van der Waals surface area (Å²) in [5, 5.41) is 0. The zero-order valence-corrected chi connectivity index (χ0v) is 11.9. The maximum atomic E-state index is 12.6. The first-order chi connectivity index (χ1) is 10.2. The van der Waals surface area contributed by atoms with Crippen LogP contribution in [0.5, 0.6) is 0 Å². The fraction of sp³-hybridized carbons (Fsp3) is 0.375. The van der Waals surface area contributed by atoms with Crippen molar-refractivity contribution in [1.29, 1.82) is 0 Å². The van der Waals surface area contributed by atoms with Gasteiger partial charge >= 0.3 is 5.97 Å². The van der Waals surface area contributed by atoms with E-state index in [1.165, 1.54) is 7.11 Å². The van der Waals surface area contributed by atoms with Gasteiger partial charge in [0, 0.05) is 18.6 Å². The van der Waals surface area contributed by atoms with Gasteiger partial charge in [0.1, 0.15) is 11.7 Å². The van der Waals surface area contributed by atoms with Crippen LogP contribution in [0.1, 0.15) is 35.4 Å². The number of hydrogen-bond acceptors (Lipinski definition) is 5. The summed E-state index contributed by atoms with van der Waals surface area (Å²) in [7, 11) is 1.27. The molecular formula is C16H16O5. The number of fused-ring (bicyclic) bond motifs is 3. The van der Waals surface area contributed by atoms with Crippen LogP contribution in [-0.4, -0.2) is 31.8 Å². The Kier molecular flexibility index (Phi) is 3.61. The second-order valence-electron chi connectivity index (χ2n) is 4.91. The Hall–Kier alpha value is -1.98. The summed E-state index contributed by atoms with van der Waals surface area (Å²) >= 11 is 0. The minimum Gasteiger partial charge on any atom is -0.465 e. The van der Waals surface area contributed by atoms with Crippen LogP contribution < -0.4 is 0 Å². The summed E-state index contributed by atoms with van der Waals surface area (Å²) in [5.74, 6) is -0.917. The molecule has 0 N–H and O–H groups in total. The molecule has 2 atom stereocenters. The van der Waals surface area contributed by atoms with Gasteiger partial charge in [-0.3, -0.25) is 4.79 Å². The van der Waals surface area contributed by atoms with E-state index in [1.807, 2.05) is 19.1 Å². The Morgan fingerprint density at radius 3 is 2.86 bits per heavy atom. The topological polar surface area (TPSA) is 61.8 Å². The van der Waals surface area contributed by atoms with Crippen molar-refractivity contribution in [3.63, 3.8) is 0 Å². The number of esters is 1. The third kappa shape index (κ3) is 2.18. The number of carbonyl (C=O) groups is 2. The van der Waals surface area contributed by atoms with Gasteiger partial charge in [-0.15, -0.1) is 0 Å². The number of hydrogen-bond donors (Lipinski definition) is 0. The number of methoxy groups -OCH3 is 1. The zero-order valence-electron chi connectivity index (χ0n) is 11.9. The fourth-order valence-electron chi connectivity index (χ4n) is 2.89. The second-order valence-corrected chi connectivity index (χ2v) is 4.91. The van der Waals surface area contributed by atoms with E-state index in [0.29, 0.717) is 24.2 Å². The number of rotatable bonds is 3. The quantitative estimate of drug-likeness (QED) is 0.630. The van der Waals surface area contributed by atoms with Crippen molar-refractivity contribution in [2.75, 3.05) is 13.7 Å². The molecule has 2 aliphatic rings. The highest BCUT2D eigenvalue weighted by Crippen LogP contribution is 2.45. The molecule has 110 valence electrons. The average molecular weight is 288 g/mol. The molecule has 1 aromatic carbocycles. The molecule has 1 heterocycles. The molecule has 1 aliphatic heterocycles. The van der Waals surface area contributed by atoms with Crippen molar-refractivity contribution < 1.29 is 23.8 Å². The standard InChI is InChI=1S/C16H16O5/c1-3-20-12-8-11-13(16(18)19-2)14(17)9-6-4-5-7-10(9)15(11)21-12/h4-7,12,15H,3,8H2,1-2H3. The van der Waals surface area contributed by atoms with Crippen molar-refractivity contribution in [1.82, 2.24) is 0 Å². The van der Waals surface area contributed by atoms with E-state index in [2.05, 4.69) is 0 Å². The minimum absolute atomic E-state index is 0.0865. The van der Waals surface area contributed by atoms with Crippen LogP contribution >= 0.6 is 0 Å². The molecule has 0 radical (unpaired) electrons. The Labute approximate surface area is 122 Å². The molecule has 21 heavy (non-hydrogen) atoms. The predicted molar refractivity (Wildman–Crippen MR) is 73.7 cm³/mol. The van der Waals surface area contributed by atoms with Crippen molar-refractivity contribution in [2.24, 2.45) is 0 Å². The molecule has 2 unspecified atom stereocenters. The summed E-state index contributed by atoms with van der Waals surface area (Å²) in [5.41, 5.74) is 2.02. The smallest absolute Gasteiger partial charge is 0.341 e. The van der Waals surface area contributed by atoms with Gasteiger partial charge in [-0.05, 0) is 18.1 Å². The lowest BCUT2D eigenvalue weighted by Gasteiger charge is -2.23. The summed E-state index contributed by atoms with van der Waals surface area (Å²) in [6.45, 7) is 2.38. The maximum absolute atomic E-state index is 12.6. The van der Waals surface area contributed by atoms with E-state index in [0.717, 1.165) is 5.56 Å². The first-order valence-corrected chi connectivity index (χ1v) is 6.89. The number of carbonyl (C=O) groups excluding carboxylic acids is 2. The van der Waals surface area contributed by atoms with Crippen LogP contribution in [0.15, 0.2) is 35.4 Å². The molecule has 1 saturated heterocycles. The molecule has 0 saturated carbocycles. The van der Waals surface area contributed by atoms with E-state index in [9.17, 15) is 9.59 Å². The second kappa shape index (κ2) is 5.42. The van der Waals surface area contributed by atoms with Gasteiger partial charge in [0.15, 0.2) is 6.29 Å². The molecule has 0 spiro atoms. The first-order valence-electron chi connectivity index (χ1n) is 6.89. The van der Waals surface area contributed by atoms with Gasteiger partial charge in [0.2, 0.25) is 5.78 Å². The maximum Gasteiger partial charge on any atom is 0.341 e. The van der Waals surface area contributed by atoms with Crippen LogP contribution in [-0.2, 0) is 19.0 Å². The molecular weight excluding hydrogens is 272 g/mol. The van der Waals surface area contributed by atoms with Gasteiger partial charge in [-0.1, -0.05) is 24.3 Å².